The highest BCUT2D eigenvalue weighted by molar-refractivity contribution is 5.72. The SMILES string of the molecule is C[C@H](O)C[C@H](O)[C@@H](O)C(=O)O. The van der Waals surface area contributed by atoms with Crippen molar-refractivity contribution in [2.24, 2.45) is 0 Å². The summed E-state index contributed by atoms with van der Waals surface area (Å²) in [6.45, 7) is 1.40. The molecule has 4 N–H and O–H groups in total. The van der Waals surface area contributed by atoms with Crippen LogP contribution in [0.25, 0.3) is 0 Å². The quantitative estimate of drug-likeness (QED) is 0.408. The maximum Gasteiger partial charge on any atom is 0.335 e. The minimum absolute atomic E-state index is 0.145. The maximum absolute atomic E-state index is 10.0. The Kier molecular flexibility index (Phi) is 4.02. The van der Waals surface area contributed by atoms with E-state index in [1.54, 1.807) is 0 Å². The second-order valence-corrected chi connectivity index (χ2v) is 2.44. The van der Waals surface area contributed by atoms with Gasteiger partial charge in [-0.15, -0.1) is 0 Å². The maximum atomic E-state index is 10.0. The molecule has 0 aromatic rings. The van der Waals surface area contributed by atoms with Gasteiger partial charge in [-0.05, 0) is 6.92 Å². The predicted octanol–water partition coefficient (Wildman–Crippen LogP) is -1.44. The van der Waals surface area contributed by atoms with Crippen molar-refractivity contribution in [1.82, 2.24) is 0 Å². The molecule has 0 aliphatic rings. The van der Waals surface area contributed by atoms with Crippen molar-refractivity contribution in [2.45, 2.75) is 31.7 Å². The normalized spacial score (nSPS) is 18.9. The first-order valence-electron chi connectivity index (χ1n) is 3.22. The topological polar surface area (TPSA) is 98.0 Å². The summed E-state index contributed by atoms with van der Waals surface area (Å²) in [5, 5.41) is 34.4. The third-order valence-electron chi connectivity index (χ3n) is 1.20. The molecule has 3 atom stereocenters. The van der Waals surface area contributed by atoms with Crippen LogP contribution in [-0.4, -0.2) is 44.7 Å². The smallest absolute Gasteiger partial charge is 0.335 e. The number of aliphatic carboxylic acids is 1. The van der Waals surface area contributed by atoms with E-state index >= 15 is 0 Å². The van der Waals surface area contributed by atoms with Gasteiger partial charge in [-0.25, -0.2) is 4.79 Å². The van der Waals surface area contributed by atoms with Crippen molar-refractivity contribution in [1.29, 1.82) is 0 Å². The zero-order valence-corrected chi connectivity index (χ0v) is 6.14. The van der Waals surface area contributed by atoms with E-state index in [1.807, 2.05) is 0 Å². The molecule has 0 radical (unpaired) electrons. The summed E-state index contributed by atoms with van der Waals surface area (Å²) in [6, 6.07) is 0. The van der Waals surface area contributed by atoms with Gasteiger partial charge in [-0.2, -0.15) is 0 Å². The van der Waals surface area contributed by atoms with Gasteiger partial charge in [0.15, 0.2) is 6.10 Å². The van der Waals surface area contributed by atoms with Gasteiger partial charge in [0.2, 0.25) is 0 Å². The predicted molar refractivity (Wildman–Crippen MR) is 35.9 cm³/mol. The molecule has 66 valence electrons. The van der Waals surface area contributed by atoms with Gasteiger partial charge < -0.3 is 20.4 Å². The largest absolute Gasteiger partial charge is 0.479 e. The van der Waals surface area contributed by atoms with Crippen molar-refractivity contribution >= 4 is 5.97 Å². The van der Waals surface area contributed by atoms with Crippen molar-refractivity contribution in [3.63, 3.8) is 0 Å². The zero-order valence-electron chi connectivity index (χ0n) is 6.14. The molecule has 0 rings (SSSR count). The lowest BCUT2D eigenvalue weighted by atomic mass is 10.1. The van der Waals surface area contributed by atoms with Crippen LogP contribution in [0.3, 0.4) is 0 Å². The van der Waals surface area contributed by atoms with Crippen LogP contribution in [0.1, 0.15) is 13.3 Å². The van der Waals surface area contributed by atoms with Crippen molar-refractivity contribution in [3.8, 4) is 0 Å². The van der Waals surface area contributed by atoms with E-state index in [1.165, 1.54) is 6.92 Å². The number of rotatable bonds is 4. The molecule has 0 saturated heterocycles. The fraction of sp³-hybridized carbons (Fsp3) is 0.833. The van der Waals surface area contributed by atoms with Gasteiger partial charge in [0.25, 0.3) is 0 Å². The molecule has 11 heavy (non-hydrogen) atoms. The molecule has 0 aromatic heterocycles. The third kappa shape index (κ3) is 3.92. The molecular formula is C6H12O5. The van der Waals surface area contributed by atoms with E-state index in [0.29, 0.717) is 0 Å². The molecule has 0 aliphatic heterocycles. The van der Waals surface area contributed by atoms with Gasteiger partial charge in [-0.1, -0.05) is 0 Å². The third-order valence-corrected chi connectivity index (χ3v) is 1.20. The lowest BCUT2D eigenvalue weighted by Crippen LogP contribution is -2.35. The van der Waals surface area contributed by atoms with Crippen LogP contribution in [0, 0.1) is 0 Å². The van der Waals surface area contributed by atoms with Crippen molar-refractivity contribution < 1.29 is 25.2 Å². The van der Waals surface area contributed by atoms with Gasteiger partial charge in [0.05, 0.1) is 12.2 Å². The number of aliphatic hydroxyl groups excluding tert-OH is 3. The Morgan fingerprint density at radius 3 is 2.09 bits per heavy atom. The number of carboxylic acids is 1. The summed E-state index contributed by atoms with van der Waals surface area (Å²) >= 11 is 0. The molecule has 0 saturated carbocycles. The second kappa shape index (κ2) is 4.27. The molecule has 5 heteroatoms. The number of carbonyl (C=O) groups is 1. The molecule has 0 amide bonds. The standard InChI is InChI=1S/C6H12O5/c1-3(7)2-4(8)5(9)6(10)11/h3-5,7-9H,2H2,1H3,(H,10,11)/t3-,4-,5+/m0/s1. The Labute approximate surface area is 63.9 Å². The van der Waals surface area contributed by atoms with Crippen LogP contribution in [0.2, 0.25) is 0 Å². The summed E-state index contributed by atoms with van der Waals surface area (Å²) in [4.78, 5) is 10.0. The molecular weight excluding hydrogens is 152 g/mol. The lowest BCUT2D eigenvalue weighted by Gasteiger charge is -2.14. The molecule has 0 spiro atoms. The first-order valence-corrected chi connectivity index (χ1v) is 3.22. The average molecular weight is 164 g/mol. The minimum atomic E-state index is -1.82. The highest BCUT2D eigenvalue weighted by Crippen LogP contribution is 2.02. The highest BCUT2D eigenvalue weighted by atomic mass is 16.4. The van der Waals surface area contributed by atoms with Gasteiger partial charge in [0.1, 0.15) is 0 Å². The second-order valence-electron chi connectivity index (χ2n) is 2.44. The number of hydrogen-bond donors (Lipinski definition) is 4. The fourth-order valence-electron chi connectivity index (χ4n) is 0.643. The van der Waals surface area contributed by atoms with Crippen LogP contribution in [-0.2, 0) is 4.79 Å². The monoisotopic (exact) mass is 164 g/mol. The van der Waals surface area contributed by atoms with Crippen LogP contribution in [0.5, 0.6) is 0 Å². The molecule has 0 fully saturated rings. The number of aliphatic hydroxyl groups is 3. The van der Waals surface area contributed by atoms with Crippen LogP contribution in [0.4, 0.5) is 0 Å². The van der Waals surface area contributed by atoms with Crippen molar-refractivity contribution in [2.75, 3.05) is 0 Å². The molecule has 0 aliphatic carbocycles. The molecule has 0 bridgehead atoms. The summed E-state index contributed by atoms with van der Waals surface area (Å²) in [6.07, 6.45) is -4.19. The summed E-state index contributed by atoms with van der Waals surface area (Å²) in [5.41, 5.74) is 0. The average Bonchev–Trinajstić information content (AvgIpc) is 1.84. The minimum Gasteiger partial charge on any atom is -0.479 e. The Hall–Kier alpha value is -0.650. The van der Waals surface area contributed by atoms with E-state index in [9.17, 15) is 4.79 Å². The van der Waals surface area contributed by atoms with Gasteiger partial charge in [0, 0.05) is 6.42 Å². The van der Waals surface area contributed by atoms with Gasteiger partial charge in [-0.3, -0.25) is 0 Å². The van der Waals surface area contributed by atoms with E-state index in [2.05, 4.69) is 0 Å². The van der Waals surface area contributed by atoms with Crippen LogP contribution in [0.15, 0.2) is 0 Å². The zero-order chi connectivity index (χ0) is 9.02. The van der Waals surface area contributed by atoms with Crippen LogP contribution < -0.4 is 0 Å². The number of carboxylic acid groups (broad SMARTS) is 1. The van der Waals surface area contributed by atoms with E-state index in [4.69, 9.17) is 20.4 Å². The molecule has 0 aromatic carbocycles. The Morgan fingerprint density at radius 2 is 1.82 bits per heavy atom. The Morgan fingerprint density at radius 1 is 1.36 bits per heavy atom. The first-order chi connectivity index (χ1) is 4.95. The summed E-state index contributed by atoms with van der Waals surface area (Å²) in [7, 11) is 0. The Bertz CT molecular complexity index is 133. The first kappa shape index (κ1) is 10.3. The molecule has 0 heterocycles. The lowest BCUT2D eigenvalue weighted by molar-refractivity contribution is -0.153. The van der Waals surface area contributed by atoms with E-state index < -0.39 is 24.3 Å². The molecule has 5 nitrogen and oxygen atoms in total. The number of hydrogen-bond acceptors (Lipinski definition) is 4. The van der Waals surface area contributed by atoms with Gasteiger partial charge >= 0.3 is 5.97 Å². The molecule has 0 unspecified atom stereocenters. The Balaban J connectivity index is 3.82. The summed E-state index contributed by atoms with van der Waals surface area (Å²) in [5.74, 6) is -1.49. The van der Waals surface area contributed by atoms with Crippen molar-refractivity contribution in [3.05, 3.63) is 0 Å². The van der Waals surface area contributed by atoms with Crippen LogP contribution >= 0.6 is 0 Å². The van der Waals surface area contributed by atoms with E-state index in [0.717, 1.165) is 0 Å². The fourth-order valence-corrected chi connectivity index (χ4v) is 0.643. The highest BCUT2D eigenvalue weighted by Gasteiger charge is 2.24. The van der Waals surface area contributed by atoms with E-state index in [-0.39, 0.29) is 6.42 Å². The summed E-state index contributed by atoms with van der Waals surface area (Å²) < 4.78 is 0.